The zero-order valence-electron chi connectivity index (χ0n) is 21.1. The molecule has 6 nitrogen and oxygen atoms in total. The first-order valence-electron chi connectivity index (χ1n) is 12.4. The summed E-state index contributed by atoms with van der Waals surface area (Å²) in [6.45, 7) is 10.2. The van der Waals surface area contributed by atoms with Crippen LogP contribution in [0.3, 0.4) is 0 Å². The number of ether oxygens (including phenoxy) is 1. The van der Waals surface area contributed by atoms with E-state index in [0.29, 0.717) is 30.3 Å². The Kier molecular flexibility index (Phi) is 7.86. The quantitative estimate of drug-likeness (QED) is 0.430. The maximum absolute atomic E-state index is 13.7. The second kappa shape index (κ2) is 11.0. The molecule has 0 saturated heterocycles. The third-order valence-corrected chi connectivity index (χ3v) is 6.38. The summed E-state index contributed by atoms with van der Waals surface area (Å²) < 4.78 is 21.0. The average Bonchev–Trinajstić information content (AvgIpc) is 3.21. The van der Waals surface area contributed by atoms with Gasteiger partial charge in [0.15, 0.2) is 0 Å². The van der Waals surface area contributed by atoms with E-state index in [1.54, 1.807) is 19.2 Å². The van der Waals surface area contributed by atoms with Crippen molar-refractivity contribution in [2.45, 2.75) is 46.7 Å². The van der Waals surface area contributed by atoms with Gasteiger partial charge in [0.2, 0.25) is 0 Å². The minimum absolute atomic E-state index is 0.0672. The molecule has 0 aliphatic carbocycles. The van der Waals surface area contributed by atoms with Gasteiger partial charge < -0.3 is 9.64 Å². The van der Waals surface area contributed by atoms with Gasteiger partial charge in [0.25, 0.3) is 5.91 Å². The Bertz CT molecular complexity index is 1160. The Morgan fingerprint density at radius 1 is 1.17 bits per heavy atom. The van der Waals surface area contributed by atoms with Gasteiger partial charge in [0.05, 0.1) is 36.3 Å². The van der Waals surface area contributed by atoms with E-state index in [-0.39, 0.29) is 11.7 Å². The lowest BCUT2D eigenvalue weighted by Crippen LogP contribution is -2.35. The molecule has 0 unspecified atom stereocenters. The number of fused-ring (bicyclic) bond motifs is 1. The van der Waals surface area contributed by atoms with Crippen LogP contribution in [0.5, 0.6) is 5.75 Å². The molecule has 4 rings (SSSR count). The number of methoxy groups -OCH3 is 1. The minimum atomic E-state index is -0.269. The summed E-state index contributed by atoms with van der Waals surface area (Å²) in [5.41, 5.74) is 4.61. The summed E-state index contributed by atoms with van der Waals surface area (Å²) in [7, 11) is 1.59. The van der Waals surface area contributed by atoms with Gasteiger partial charge in [-0.15, -0.1) is 0 Å². The van der Waals surface area contributed by atoms with E-state index in [4.69, 9.17) is 9.84 Å². The van der Waals surface area contributed by atoms with Crippen LogP contribution in [0, 0.1) is 11.7 Å². The van der Waals surface area contributed by atoms with Crippen molar-refractivity contribution in [1.29, 1.82) is 0 Å². The second-order valence-electron chi connectivity index (χ2n) is 9.57. The van der Waals surface area contributed by atoms with Crippen LogP contribution in [0.4, 0.5) is 4.39 Å². The Balaban J connectivity index is 1.73. The van der Waals surface area contributed by atoms with E-state index in [2.05, 4.69) is 25.7 Å². The molecular formula is C28H35FN4O2. The van der Waals surface area contributed by atoms with Crippen LogP contribution < -0.4 is 4.74 Å². The highest BCUT2D eigenvalue weighted by molar-refractivity contribution is 5.97. The molecule has 1 aromatic heterocycles. The van der Waals surface area contributed by atoms with Gasteiger partial charge in [-0.1, -0.05) is 32.9 Å². The van der Waals surface area contributed by atoms with Crippen LogP contribution in [0.2, 0.25) is 0 Å². The zero-order chi connectivity index (χ0) is 24.9. The summed E-state index contributed by atoms with van der Waals surface area (Å²) in [4.78, 5) is 18.0. The van der Waals surface area contributed by atoms with Gasteiger partial charge in [0.1, 0.15) is 11.6 Å². The maximum Gasteiger partial charge on any atom is 0.257 e. The molecular weight excluding hydrogens is 443 g/mol. The van der Waals surface area contributed by atoms with Crippen molar-refractivity contribution >= 4 is 5.91 Å². The highest BCUT2D eigenvalue weighted by Gasteiger charge is 2.28. The SMILES string of the molecule is CCCN1CCc2c(c(CN(CC(C)C)C(=O)c3ccccc3OC)nn2-c2ccc(F)cc2)C1. The normalized spacial score (nSPS) is 13.7. The van der Waals surface area contributed by atoms with E-state index in [1.165, 1.54) is 17.7 Å². The fourth-order valence-corrected chi connectivity index (χ4v) is 4.80. The molecule has 0 spiro atoms. The molecule has 0 saturated carbocycles. The standard InChI is InChI=1S/C28H35FN4O2/c1-5-15-31-16-14-26-24(18-31)25(30-33(26)22-12-10-21(29)11-13-22)19-32(17-20(2)3)28(34)23-8-6-7-9-27(23)35-4/h6-13,20H,5,14-19H2,1-4H3. The van der Waals surface area contributed by atoms with Crippen LogP contribution in [-0.4, -0.2) is 52.2 Å². The number of amides is 1. The number of hydrogen-bond donors (Lipinski definition) is 0. The van der Waals surface area contributed by atoms with Crippen LogP contribution >= 0.6 is 0 Å². The van der Waals surface area contributed by atoms with Crippen molar-refractivity contribution in [1.82, 2.24) is 19.6 Å². The third-order valence-electron chi connectivity index (χ3n) is 6.38. The lowest BCUT2D eigenvalue weighted by Gasteiger charge is -2.29. The van der Waals surface area contributed by atoms with Gasteiger partial charge in [-0.05, 0) is 55.3 Å². The predicted molar refractivity (Wildman–Crippen MR) is 135 cm³/mol. The van der Waals surface area contributed by atoms with E-state index in [0.717, 1.165) is 49.6 Å². The fourth-order valence-electron chi connectivity index (χ4n) is 4.80. The van der Waals surface area contributed by atoms with Crippen molar-refractivity contribution < 1.29 is 13.9 Å². The van der Waals surface area contributed by atoms with E-state index >= 15 is 0 Å². The number of carbonyl (C=O) groups excluding carboxylic acids is 1. The molecule has 186 valence electrons. The first-order valence-corrected chi connectivity index (χ1v) is 12.4. The first-order chi connectivity index (χ1) is 16.9. The minimum Gasteiger partial charge on any atom is -0.496 e. The Hall–Kier alpha value is -3.19. The van der Waals surface area contributed by atoms with Gasteiger partial charge >= 0.3 is 0 Å². The van der Waals surface area contributed by atoms with Crippen molar-refractivity contribution in [3.63, 3.8) is 0 Å². The number of carbonyl (C=O) groups is 1. The summed E-state index contributed by atoms with van der Waals surface area (Å²) in [6.07, 6.45) is 1.95. The Morgan fingerprint density at radius 3 is 2.60 bits per heavy atom. The Labute approximate surface area is 207 Å². The van der Waals surface area contributed by atoms with Crippen molar-refractivity contribution in [2.75, 3.05) is 26.7 Å². The number of para-hydroxylation sites is 1. The molecule has 0 radical (unpaired) electrons. The van der Waals surface area contributed by atoms with E-state index in [9.17, 15) is 9.18 Å². The van der Waals surface area contributed by atoms with Crippen LogP contribution in [-0.2, 0) is 19.5 Å². The van der Waals surface area contributed by atoms with Gasteiger partial charge in [-0.3, -0.25) is 9.69 Å². The van der Waals surface area contributed by atoms with Crippen molar-refractivity contribution in [3.8, 4) is 11.4 Å². The molecule has 2 heterocycles. The molecule has 1 aliphatic heterocycles. The van der Waals surface area contributed by atoms with Crippen LogP contribution in [0.1, 0.15) is 54.5 Å². The zero-order valence-corrected chi connectivity index (χ0v) is 21.1. The number of hydrogen-bond acceptors (Lipinski definition) is 4. The number of rotatable bonds is 9. The summed E-state index contributed by atoms with van der Waals surface area (Å²) in [6, 6.07) is 13.8. The third kappa shape index (κ3) is 5.56. The topological polar surface area (TPSA) is 50.6 Å². The lowest BCUT2D eigenvalue weighted by molar-refractivity contribution is 0.0716. The van der Waals surface area contributed by atoms with Crippen LogP contribution in [0.25, 0.3) is 5.69 Å². The number of benzene rings is 2. The number of halogens is 1. The Morgan fingerprint density at radius 2 is 1.91 bits per heavy atom. The van der Waals surface area contributed by atoms with E-state index in [1.807, 2.05) is 33.8 Å². The summed E-state index contributed by atoms with van der Waals surface area (Å²) in [5.74, 6) is 0.525. The molecule has 0 N–H and O–H groups in total. The van der Waals surface area contributed by atoms with Crippen molar-refractivity contribution in [3.05, 3.63) is 76.9 Å². The van der Waals surface area contributed by atoms with Gasteiger partial charge in [0, 0.05) is 31.6 Å². The molecule has 0 atom stereocenters. The molecule has 2 aromatic carbocycles. The largest absolute Gasteiger partial charge is 0.496 e. The second-order valence-corrected chi connectivity index (χ2v) is 9.57. The summed E-state index contributed by atoms with van der Waals surface area (Å²) >= 11 is 0. The summed E-state index contributed by atoms with van der Waals surface area (Å²) in [5, 5.41) is 4.99. The van der Waals surface area contributed by atoms with E-state index < -0.39 is 0 Å². The smallest absolute Gasteiger partial charge is 0.257 e. The molecule has 0 fully saturated rings. The number of aromatic nitrogens is 2. The predicted octanol–water partition coefficient (Wildman–Crippen LogP) is 5.09. The maximum atomic E-state index is 13.7. The fraction of sp³-hybridized carbons (Fsp3) is 0.429. The highest BCUT2D eigenvalue weighted by atomic mass is 19.1. The molecule has 1 amide bonds. The molecule has 7 heteroatoms. The average molecular weight is 479 g/mol. The molecule has 0 bridgehead atoms. The monoisotopic (exact) mass is 478 g/mol. The highest BCUT2D eigenvalue weighted by Crippen LogP contribution is 2.28. The molecule has 1 aliphatic rings. The molecule has 3 aromatic rings. The van der Waals surface area contributed by atoms with Crippen molar-refractivity contribution in [2.24, 2.45) is 5.92 Å². The first kappa shape index (κ1) is 24.9. The lowest BCUT2D eigenvalue weighted by atomic mass is 10.0. The van der Waals surface area contributed by atoms with Gasteiger partial charge in [-0.25, -0.2) is 9.07 Å². The molecule has 35 heavy (non-hydrogen) atoms. The van der Waals surface area contributed by atoms with Gasteiger partial charge in [-0.2, -0.15) is 5.10 Å². The van der Waals surface area contributed by atoms with Crippen LogP contribution in [0.15, 0.2) is 48.5 Å². The number of nitrogens with zero attached hydrogens (tertiary/aromatic N) is 4.